The predicted molar refractivity (Wildman–Crippen MR) is 129 cm³/mol. The molecule has 1 aliphatic rings. The van der Waals surface area contributed by atoms with Gasteiger partial charge >= 0.3 is 0 Å². The number of benzene rings is 2. The van der Waals surface area contributed by atoms with Gasteiger partial charge in [0, 0.05) is 5.02 Å². The van der Waals surface area contributed by atoms with Crippen LogP contribution >= 0.6 is 58.2 Å². The van der Waals surface area contributed by atoms with E-state index in [4.69, 9.17) is 33.3 Å². The molecule has 8 heteroatoms. The van der Waals surface area contributed by atoms with Crippen LogP contribution in [0, 0.1) is 3.57 Å². The summed E-state index contributed by atoms with van der Waals surface area (Å²) in [5.74, 6) is 1.18. The number of rotatable bonds is 6. The van der Waals surface area contributed by atoms with Crippen molar-refractivity contribution in [2.75, 3.05) is 18.6 Å². The lowest BCUT2D eigenvalue weighted by Crippen LogP contribution is -2.27. The molecular formula is C20H17ClINO3S2. The van der Waals surface area contributed by atoms with Crippen LogP contribution in [0.1, 0.15) is 18.9 Å². The third kappa shape index (κ3) is 4.64. The van der Waals surface area contributed by atoms with Crippen LogP contribution in [0.2, 0.25) is 5.02 Å². The van der Waals surface area contributed by atoms with Gasteiger partial charge in [0.05, 0.1) is 27.9 Å². The van der Waals surface area contributed by atoms with Crippen LogP contribution in [0.15, 0.2) is 41.3 Å². The Morgan fingerprint density at radius 2 is 2.11 bits per heavy atom. The van der Waals surface area contributed by atoms with Crippen LogP contribution in [0.25, 0.3) is 6.08 Å². The number of thioether (sulfide) groups is 1. The summed E-state index contributed by atoms with van der Waals surface area (Å²) in [7, 11) is 1.60. The fourth-order valence-electron chi connectivity index (χ4n) is 2.62. The van der Waals surface area contributed by atoms with E-state index in [1.807, 2.05) is 24.3 Å². The van der Waals surface area contributed by atoms with Gasteiger partial charge in [-0.1, -0.05) is 48.6 Å². The summed E-state index contributed by atoms with van der Waals surface area (Å²) in [5.41, 5.74) is 1.51. The van der Waals surface area contributed by atoms with Crippen LogP contribution in [-0.2, 0) is 4.79 Å². The van der Waals surface area contributed by atoms with Gasteiger partial charge in [-0.05, 0) is 71.0 Å². The van der Waals surface area contributed by atoms with Crippen LogP contribution in [0.4, 0.5) is 5.69 Å². The van der Waals surface area contributed by atoms with E-state index >= 15 is 0 Å². The van der Waals surface area contributed by atoms with E-state index in [0.29, 0.717) is 38.0 Å². The summed E-state index contributed by atoms with van der Waals surface area (Å²) in [6, 6.07) is 10.9. The maximum absolute atomic E-state index is 12.9. The first-order valence-electron chi connectivity index (χ1n) is 8.48. The second-order valence-electron chi connectivity index (χ2n) is 5.88. The fourth-order valence-corrected chi connectivity index (χ4v) is 4.89. The highest BCUT2D eigenvalue weighted by Gasteiger charge is 2.33. The topological polar surface area (TPSA) is 38.8 Å². The Kier molecular flexibility index (Phi) is 7.25. The molecule has 2 aromatic rings. The first-order valence-corrected chi connectivity index (χ1v) is 11.2. The lowest BCUT2D eigenvalue weighted by atomic mass is 10.1. The SMILES string of the molecule is CCCOc1c(I)cc(/C=C2/SC(=S)N(c3cccc(Cl)c3)C2=O)cc1OC. The van der Waals surface area contributed by atoms with E-state index in [-0.39, 0.29) is 5.91 Å². The highest BCUT2D eigenvalue weighted by molar-refractivity contribution is 14.1. The number of hydrogen-bond donors (Lipinski definition) is 0. The molecule has 1 aliphatic heterocycles. The molecule has 0 bridgehead atoms. The van der Waals surface area contributed by atoms with Crippen molar-refractivity contribution in [3.8, 4) is 11.5 Å². The van der Waals surface area contributed by atoms with Gasteiger partial charge in [-0.25, -0.2) is 0 Å². The Labute approximate surface area is 192 Å². The van der Waals surface area contributed by atoms with E-state index in [1.165, 1.54) is 16.7 Å². The van der Waals surface area contributed by atoms with Gasteiger partial charge in [0.1, 0.15) is 0 Å². The molecule has 0 N–H and O–H groups in total. The van der Waals surface area contributed by atoms with Crippen molar-refractivity contribution in [3.05, 3.63) is 55.5 Å². The second kappa shape index (κ2) is 9.47. The monoisotopic (exact) mass is 545 g/mol. The van der Waals surface area contributed by atoms with E-state index in [2.05, 4.69) is 29.5 Å². The smallest absolute Gasteiger partial charge is 0.270 e. The summed E-state index contributed by atoms with van der Waals surface area (Å²) in [4.78, 5) is 15.0. The van der Waals surface area contributed by atoms with Gasteiger partial charge < -0.3 is 9.47 Å². The van der Waals surface area contributed by atoms with Crippen molar-refractivity contribution in [1.29, 1.82) is 0 Å². The molecule has 0 aromatic heterocycles. The highest BCUT2D eigenvalue weighted by atomic mass is 127. The maximum atomic E-state index is 12.9. The molecule has 1 fully saturated rings. The van der Waals surface area contributed by atoms with Gasteiger partial charge in [-0.15, -0.1) is 0 Å². The average molecular weight is 546 g/mol. The minimum absolute atomic E-state index is 0.169. The number of nitrogens with zero attached hydrogens (tertiary/aromatic N) is 1. The van der Waals surface area contributed by atoms with Crippen LogP contribution < -0.4 is 14.4 Å². The molecule has 1 saturated heterocycles. The Morgan fingerprint density at radius 3 is 2.79 bits per heavy atom. The molecule has 0 spiro atoms. The molecule has 4 nitrogen and oxygen atoms in total. The highest BCUT2D eigenvalue weighted by Crippen LogP contribution is 2.39. The molecule has 0 unspecified atom stereocenters. The van der Waals surface area contributed by atoms with Crippen molar-refractivity contribution < 1.29 is 14.3 Å². The first-order chi connectivity index (χ1) is 13.4. The Hall–Kier alpha value is -1.29. The van der Waals surface area contributed by atoms with Crippen molar-refractivity contribution in [2.45, 2.75) is 13.3 Å². The largest absolute Gasteiger partial charge is 0.493 e. The quantitative estimate of drug-likeness (QED) is 0.247. The fraction of sp³-hybridized carbons (Fsp3) is 0.200. The van der Waals surface area contributed by atoms with E-state index < -0.39 is 0 Å². The molecule has 0 aliphatic carbocycles. The number of methoxy groups -OCH3 is 1. The molecular weight excluding hydrogens is 529 g/mol. The van der Waals surface area contributed by atoms with Crippen LogP contribution in [-0.4, -0.2) is 23.9 Å². The number of carbonyl (C=O) groups is 1. The number of amides is 1. The second-order valence-corrected chi connectivity index (χ2v) is 9.15. The molecule has 1 amide bonds. The lowest BCUT2D eigenvalue weighted by molar-refractivity contribution is -0.113. The van der Waals surface area contributed by atoms with E-state index in [1.54, 1.807) is 25.3 Å². The molecule has 0 atom stereocenters. The Morgan fingerprint density at radius 1 is 1.32 bits per heavy atom. The molecule has 0 saturated carbocycles. The summed E-state index contributed by atoms with van der Waals surface area (Å²) >= 11 is 15.0. The van der Waals surface area contributed by atoms with E-state index in [9.17, 15) is 4.79 Å². The zero-order chi connectivity index (χ0) is 20.3. The number of ether oxygens (including phenoxy) is 2. The van der Waals surface area contributed by atoms with Crippen molar-refractivity contribution >= 4 is 80.2 Å². The standard InChI is InChI=1S/C20H17ClINO3S2/c1-3-7-26-18-15(22)8-12(9-16(18)25-2)10-17-19(24)23(20(27)28-17)14-6-4-5-13(21)11-14/h4-6,8-11H,3,7H2,1-2H3/b17-10+. The van der Waals surface area contributed by atoms with Gasteiger partial charge in [-0.2, -0.15) is 0 Å². The number of halogens is 2. The number of thiocarbonyl (C=S) groups is 1. The molecule has 2 aromatic carbocycles. The zero-order valence-corrected chi connectivity index (χ0v) is 19.7. The lowest BCUT2D eigenvalue weighted by Gasteiger charge is -2.14. The van der Waals surface area contributed by atoms with Crippen molar-refractivity contribution in [1.82, 2.24) is 0 Å². The first kappa shape index (κ1) is 21.4. The molecule has 0 radical (unpaired) electrons. The normalized spacial score (nSPS) is 15.4. The summed E-state index contributed by atoms with van der Waals surface area (Å²) in [6.45, 7) is 2.67. The van der Waals surface area contributed by atoms with Crippen LogP contribution in [0.3, 0.4) is 0 Å². The summed E-state index contributed by atoms with van der Waals surface area (Å²) in [6.07, 6.45) is 2.73. The minimum atomic E-state index is -0.169. The summed E-state index contributed by atoms with van der Waals surface area (Å²) in [5, 5.41) is 0.553. The zero-order valence-electron chi connectivity index (χ0n) is 15.2. The molecule has 3 rings (SSSR count). The number of anilines is 1. The van der Waals surface area contributed by atoms with Gasteiger partial charge in [0.15, 0.2) is 15.8 Å². The van der Waals surface area contributed by atoms with Gasteiger partial charge in [0.2, 0.25) is 0 Å². The molecule has 146 valence electrons. The van der Waals surface area contributed by atoms with Crippen molar-refractivity contribution in [2.24, 2.45) is 0 Å². The molecule has 1 heterocycles. The number of carbonyl (C=O) groups excluding carboxylic acids is 1. The van der Waals surface area contributed by atoms with Crippen molar-refractivity contribution in [3.63, 3.8) is 0 Å². The Balaban J connectivity index is 1.92. The Bertz CT molecular complexity index is 964. The van der Waals surface area contributed by atoms with Crippen LogP contribution in [0.5, 0.6) is 11.5 Å². The maximum Gasteiger partial charge on any atom is 0.270 e. The number of hydrogen-bond acceptors (Lipinski definition) is 5. The van der Waals surface area contributed by atoms with Gasteiger partial charge in [-0.3, -0.25) is 9.69 Å². The van der Waals surface area contributed by atoms with Gasteiger partial charge in [0.25, 0.3) is 5.91 Å². The third-order valence-corrected chi connectivity index (χ3v) is 6.20. The average Bonchev–Trinajstić information content (AvgIpc) is 2.93. The van der Waals surface area contributed by atoms with E-state index in [0.717, 1.165) is 15.6 Å². The third-order valence-electron chi connectivity index (χ3n) is 3.86. The minimum Gasteiger partial charge on any atom is -0.493 e. The predicted octanol–water partition coefficient (Wildman–Crippen LogP) is 6.15. The summed E-state index contributed by atoms with van der Waals surface area (Å²) < 4.78 is 12.7. The molecule has 28 heavy (non-hydrogen) atoms.